The molecule has 2 rings (SSSR count). The van der Waals surface area contributed by atoms with Crippen LogP contribution in [0.1, 0.15) is 12.8 Å². The molecule has 2 heterocycles. The Hall–Kier alpha value is -1.36. The summed E-state index contributed by atoms with van der Waals surface area (Å²) in [5.41, 5.74) is 0. The Morgan fingerprint density at radius 3 is 3.06 bits per heavy atom. The molecular weight excluding hydrogens is 226 g/mol. The van der Waals surface area contributed by atoms with Gasteiger partial charge in [-0.15, -0.1) is 0 Å². The van der Waals surface area contributed by atoms with Crippen molar-refractivity contribution in [3.8, 4) is 0 Å². The van der Waals surface area contributed by atoms with Gasteiger partial charge in [0.25, 0.3) is 0 Å². The lowest BCUT2D eigenvalue weighted by atomic mass is 9.98. The Balaban J connectivity index is 1.95. The predicted octanol–water partition coefficient (Wildman–Crippen LogP) is 1.30. The van der Waals surface area contributed by atoms with Crippen molar-refractivity contribution in [1.82, 2.24) is 14.9 Å². The van der Waals surface area contributed by atoms with Crippen LogP contribution in [0, 0.1) is 5.92 Å². The molecular formula is C13H23N5. The van der Waals surface area contributed by atoms with Gasteiger partial charge in [0.1, 0.15) is 18.0 Å². The molecule has 0 spiro atoms. The molecule has 1 N–H and O–H groups in total. The molecule has 0 aromatic carbocycles. The summed E-state index contributed by atoms with van der Waals surface area (Å²) < 4.78 is 0. The van der Waals surface area contributed by atoms with E-state index in [0.29, 0.717) is 0 Å². The highest BCUT2D eigenvalue weighted by Crippen LogP contribution is 2.19. The van der Waals surface area contributed by atoms with Crippen LogP contribution in [0.3, 0.4) is 0 Å². The van der Waals surface area contributed by atoms with Gasteiger partial charge in [0, 0.05) is 33.3 Å². The molecule has 1 aromatic rings. The Kier molecular flexibility index (Phi) is 4.36. The third-order valence-electron chi connectivity index (χ3n) is 3.55. The largest absolute Gasteiger partial charge is 0.373 e. The predicted molar refractivity (Wildman–Crippen MR) is 75.1 cm³/mol. The first-order valence-corrected chi connectivity index (χ1v) is 6.58. The van der Waals surface area contributed by atoms with Crippen LogP contribution in [0.5, 0.6) is 0 Å². The molecule has 5 heteroatoms. The van der Waals surface area contributed by atoms with Gasteiger partial charge in [-0.1, -0.05) is 0 Å². The van der Waals surface area contributed by atoms with Crippen molar-refractivity contribution < 1.29 is 0 Å². The summed E-state index contributed by atoms with van der Waals surface area (Å²) in [5, 5.41) is 3.05. The Morgan fingerprint density at radius 2 is 2.33 bits per heavy atom. The van der Waals surface area contributed by atoms with E-state index >= 15 is 0 Å². The van der Waals surface area contributed by atoms with Crippen LogP contribution < -0.4 is 10.2 Å². The van der Waals surface area contributed by atoms with Crippen molar-refractivity contribution in [2.24, 2.45) is 5.92 Å². The number of rotatable bonds is 4. The van der Waals surface area contributed by atoms with Gasteiger partial charge in [0.05, 0.1) is 0 Å². The second-order valence-corrected chi connectivity index (χ2v) is 5.16. The number of piperidine rings is 1. The second-order valence-electron chi connectivity index (χ2n) is 5.16. The molecule has 1 aliphatic heterocycles. The monoisotopic (exact) mass is 249 g/mol. The van der Waals surface area contributed by atoms with Crippen LogP contribution in [0.25, 0.3) is 0 Å². The molecule has 0 amide bonds. The van der Waals surface area contributed by atoms with E-state index in [-0.39, 0.29) is 0 Å². The van der Waals surface area contributed by atoms with Gasteiger partial charge < -0.3 is 15.1 Å². The van der Waals surface area contributed by atoms with E-state index < -0.39 is 0 Å². The summed E-state index contributed by atoms with van der Waals surface area (Å²) >= 11 is 0. The summed E-state index contributed by atoms with van der Waals surface area (Å²) in [4.78, 5) is 13.1. The first-order valence-electron chi connectivity index (χ1n) is 6.58. The maximum atomic E-state index is 4.33. The first-order chi connectivity index (χ1) is 8.69. The minimum absolute atomic E-state index is 0.738. The van der Waals surface area contributed by atoms with Crippen molar-refractivity contribution in [3.05, 3.63) is 12.4 Å². The van der Waals surface area contributed by atoms with Crippen LogP contribution in [-0.4, -0.2) is 55.6 Å². The molecule has 18 heavy (non-hydrogen) atoms. The third-order valence-corrected chi connectivity index (χ3v) is 3.55. The highest BCUT2D eigenvalue weighted by atomic mass is 15.2. The molecule has 1 unspecified atom stereocenters. The zero-order valence-corrected chi connectivity index (χ0v) is 11.6. The molecule has 1 aliphatic rings. The number of likely N-dealkylation sites (tertiary alicyclic amines) is 1. The van der Waals surface area contributed by atoms with E-state index in [2.05, 4.69) is 39.2 Å². The molecule has 1 aromatic heterocycles. The lowest BCUT2D eigenvalue weighted by Gasteiger charge is -2.32. The van der Waals surface area contributed by atoms with Crippen LogP contribution in [0.4, 0.5) is 11.6 Å². The average molecular weight is 249 g/mol. The number of aromatic nitrogens is 2. The average Bonchev–Trinajstić information content (AvgIpc) is 2.39. The zero-order chi connectivity index (χ0) is 13.0. The van der Waals surface area contributed by atoms with E-state index in [9.17, 15) is 0 Å². The lowest BCUT2D eigenvalue weighted by molar-refractivity contribution is 0.213. The molecule has 1 fully saturated rings. The van der Waals surface area contributed by atoms with Crippen molar-refractivity contribution in [2.75, 3.05) is 51.0 Å². The summed E-state index contributed by atoms with van der Waals surface area (Å²) in [6.45, 7) is 3.48. The molecule has 100 valence electrons. The summed E-state index contributed by atoms with van der Waals surface area (Å²) in [5.74, 6) is 2.59. The van der Waals surface area contributed by atoms with E-state index in [1.54, 1.807) is 6.33 Å². The van der Waals surface area contributed by atoms with Gasteiger partial charge in [0.2, 0.25) is 0 Å². The quantitative estimate of drug-likeness (QED) is 0.871. The smallest absolute Gasteiger partial charge is 0.133 e. The van der Waals surface area contributed by atoms with E-state index in [0.717, 1.165) is 24.1 Å². The SMILES string of the molecule is CNc1cc(N(C)CC2CCCN(C)C2)ncn1. The van der Waals surface area contributed by atoms with Crippen LogP contribution >= 0.6 is 0 Å². The summed E-state index contributed by atoms with van der Waals surface area (Å²) in [6, 6.07) is 1.99. The second kappa shape index (κ2) is 6.00. The van der Waals surface area contributed by atoms with Gasteiger partial charge in [-0.05, 0) is 32.4 Å². The van der Waals surface area contributed by atoms with Gasteiger partial charge in [-0.25, -0.2) is 9.97 Å². The number of hydrogen-bond donors (Lipinski definition) is 1. The fraction of sp³-hybridized carbons (Fsp3) is 0.692. The Bertz CT molecular complexity index is 381. The van der Waals surface area contributed by atoms with Gasteiger partial charge in [-0.2, -0.15) is 0 Å². The van der Waals surface area contributed by atoms with E-state index in [4.69, 9.17) is 0 Å². The highest BCUT2D eigenvalue weighted by Gasteiger charge is 2.19. The van der Waals surface area contributed by atoms with E-state index in [1.165, 1.54) is 25.9 Å². The Labute approximate surface area is 109 Å². The molecule has 5 nitrogen and oxygen atoms in total. The third kappa shape index (κ3) is 3.32. The lowest BCUT2D eigenvalue weighted by Crippen LogP contribution is -2.38. The number of hydrogen-bond acceptors (Lipinski definition) is 5. The Morgan fingerprint density at radius 1 is 1.50 bits per heavy atom. The molecule has 0 aliphatic carbocycles. The van der Waals surface area contributed by atoms with Gasteiger partial charge >= 0.3 is 0 Å². The van der Waals surface area contributed by atoms with E-state index in [1.807, 2.05) is 13.1 Å². The number of anilines is 2. The van der Waals surface area contributed by atoms with Crippen molar-refractivity contribution >= 4 is 11.6 Å². The summed E-state index contributed by atoms with van der Waals surface area (Å²) in [6.07, 6.45) is 4.24. The highest BCUT2D eigenvalue weighted by molar-refractivity contribution is 5.47. The summed E-state index contributed by atoms with van der Waals surface area (Å²) in [7, 11) is 6.19. The first kappa shape index (κ1) is 13.1. The van der Waals surface area contributed by atoms with Crippen molar-refractivity contribution in [1.29, 1.82) is 0 Å². The topological polar surface area (TPSA) is 44.3 Å². The fourth-order valence-corrected chi connectivity index (χ4v) is 2.60. The number of nitrogens with one attached hydrogen (secondary N) is 1. The number of nitrogens with zero attached hydrogens (tertiary/aromatic N) is 4. The van der Waals surface area contributed by atoms with Crippen molar-refractivity contribution in [3.63, 3.8) is 0 Å². The van der Waals surface area contributed by atoms with Crippen LogP contribution in [0.15, 0.2) is 12.4 Å². The van der Waals surface area contributed by atoms with Crippen LogP contribution in [-0.2, 0) is 0 Å². The molecule has 0 radical (unpaired) electrons. The molecule has 1 atom stereocenters. The van der Waals surface area contributed by atoms with Crippen LogP contribution in [0.2, 0.25) is 0 Å². The normalized spacial score (nSPS) is 20.7. The van der Waals surface area contributed by atoms with Gasteiger partial charge in [-0.3, -0.25) is 0 Å². The minimum atomic E-state index is 0.738. The maximum Gasteiger partial charge on any atom is 0.133 e. The van der Waals surface area contributed by atoms with Crippen molar-refractivity contribution in [2.45, 2.75) is 12.8 Å². The molecule has 1 saturated heterocycles. The maximum absolute atomic E-state index is 4.33. The molecule has 0 bridgehead atoms. The molecule has 0 saturated carbocycles. The van der Waals surface area contributed by atoms with Gasteiger partial charge in [0.15, 0.2) is 0 Å². The standard InChI is InChI=1S/C13H23N5/c1-14-12-7-13(16-10-15-12)18(3)9-11-5-4-6-17(2)8-11/h7,10-11H,4-6,8-9H2,1-3H3,(H,14,15,16). The minimum Gasteiger partial charge on any atom is -0.373 e. The zero-order valence-electron chi connectivity index (χ0n) is 11.6. The fourth-order valence-electron chi connectivity index (χ4n) is 2.60.